The number of hydrazone groups is 2. The lowest BCUT2D eigenvalue weighted by atomic mass is 10.2. The molecule has 1 aromatic heterocycles. The van der Waals surface area contributed by atoms with E-state index in [1.807, 2.05) is 10.9 Å². The average molecular weight is 335 g/mol. The van der Waals surface area contributed by atoms with Gasteiger partial charge in [-0.3, -0.25) is 9.59 Å². The number of nitrogens with one attached hydrogen (secondary N) is 2. The molecule has 0 aliphatic carbocycles. The summed E-state index contributed by atoms with van der Waals surface area (Å²) in [6.07, 6.45) is 0. The van der Waals surface area contributed by atoms with Gasteiger partial charge in [0.25, 0.3) is 0 Å². The van der Waals surface area contributed by atoms with Gasteiger partial charge in [0.05, 0.1) is 22.8 Å². The van der Waals surface area contributed by atoms with Crippen molar-refractivity contribution >= 4 is 35.2 Å². The van der Waals surface area contributed by atoms with Gasteiger partial charge in [-0.1, -0.05) is 6.07 Å². The molecule has 126 valence electrons. The number of amides is 2. The Morgan fingerprint density at radius 3 is 1.58 bits per heavy atom. The fraction of sp³-hybridized carbons (Fsp3) is 0.154. The van der Waals surface area contributed by atoms with Crippen molar-refractivity contribution in [1.29, 1.82) is 0 Å². The average Bonchev–Trinajstić information content (AvgIpc) is 2.56. The lowest BCUT2D eigenvalue weighted by molar-refractivity contribution is -0.150. The summed E-state index contributed by atoms with van der Waals surface area (Å²) in [6, 6.07) is 4.70. The van der Waals surface area contributed by atoms with E-state index in [4.69, 9.17) is 10.2 Å². The molecule has 0 unspecified atom stereocenters. The molecule has 1 aromatic rings. The Morgan fingerprint density at radius 2 is 1.25 bits per heavy atom. The minimum absolute atomic E-state index is 0.230. The number of aliphatic carboxylic acids is 2. The highest BCUT2D eigenvalue weighted by molar-refractivity contribution is 6.32. The summed E-state index contributed by atoms with van der Waals surface area (Å²) in [5.41, 5.74) is 4.77. The number of carboxylic acids is 2. The van der Waals surface area contributed by atoms with Crippen LogP contribution in [-0.4, -0.2) is 50.4 Å². The van der Waals surface area contributed by atoms with Crippen LogP contribution in [0.3, 0.4) is 0 Å². The normalized spacial score (nSPS) is 11.6. The smallest absolute Gasteiger partial charge is 0.396 e. The predicted molar refractivity (Wildman–Crippen MR) is 80.2 cm³/mol. The number of carbonyl (C=O) groups excluding carboxylic acids is 2. The summed E-state index contributed by atoms with van der Waals surface area (Å²) in [5, 5.41) is 24.1. The topological polar surface area (TPSA) is 170 Å². The summed E-state index contributed by atoms with van der Waals surface area (Å²) in [4.78, 5) is 46.7. The Balaban J connectivity index is 2.93. The molecule has 1 rings (SSSR count). The first-order valence-electron chi connectivity index (χ1n) is 6.35. The predicted octanol–water partition coefficient (Wildman–Crippen LogP) is -1.07. The highest BCUT2D eigenvalue weighted by Gasteiger charge is 2.11. The molecule has 1 heterocycles. The number of hydrogen-bond donors (Lipinski definition) is 4. The van der Waals surface area contributed by atoms with Gasteiger partial charge in [0, 0.05) is 0 Å². The lowest BCUT2D eigenvalue weighted by Crippen LogP contribution is -2.27. The van der Waals surface area contributed by atoms with Crippen molar-refractivity contribution in [2.45, 2.75) is 13.8 Å². The first-order valence-corrected chi connectivity index (χ1v) is 6.35. The number of carboxylic acid groups (broad SMARTS) is 2. The molecule has 0 saturated carbocycles. The van der Waals surface area contributed by atoms with Crippen LogP contribution >= 0.6 is 0 Å². The van der Waals surface area contributed by atoms with Gasteiger partial charge in [0.1, 0.15) is 0 Å². The van der Waals surface area contributed by atoms with E-state index >= 15 is 0 Å². The Hall–Kier alpha value is -3.63. The van der Waals surface area contributed by atoms with Crippen molar-refractivity contribution in [3.63, 3.8) is 0 Å². The van der Waals surface area contributed by atoms with Crippen molar-refractivity contribution in [2.75, 3.05) is 0 Å². The van der Waals surface area contributed by atoms with Gasteiger partial charge in [0.15, 0.2) is 0 Å². The first-order chi connectivity index (χ1) is 11.2. The van der Waals surface area contributed by atoms with Gasteiger partial charge in [-0.15, -0.1) is 0 Å². The molecule has 11 heteroatoms. The van der Waals surface area contributed by atoms with Crippen molar-refractivity contribution in [1.82, 2.24) is 15.8 Å². The third-order valence-corrected chi connectivity index (χ3v) is 2.53. The maximum absolute atomic E-state index is 10.9. The van der Waals surface area contributed by atoms with Gasteiger partial charge in [0.2, 0.25) is 0 Å². The number of hydrogen-bond acceptors (Lipinski definition) is 7. The maximum Gasteiger partial charge on any atom is 0.396 e. The summed E-state index contributed by atoms with van der Waals surface area (Å²) in [7, 11) is 0. The van der Waals surface area contributed by atoms with Gasteiger partial charge in [-0.05, 0) is 26.0 Å². The zero-order valence-electron chi connectivity index (χ0n) is 12.6. The summed E-state index contributed by atoms with van der Waals surface area (Å²) in [5.74, 6) is -5.94. The molecule has 0 spiro atoms. The SMILES string of the molecule is C/C(=N\NC(=O)C(=O)O)c1cccc(/C(C)=N/NC(=O)C(=O)O)n1. The van der Waals surface area contributed by atoms with Crippen LogP contribution in [0.2, 0.25) is 0 Å². The number of rotatable bonds is 4. The van der Waals surface area contributed by atoms with E-state index in [-0.39, 0.29) is 11.4 Å². The van der Waals surface area contributed by atoms with Crippen molar-refractivity contribution in [3.8, 4) is 0 Å². The van der Waals surface area contributed by atoms with E-state index in [1.54, 1.807) is 18.2 Å². The minimum atomic E-state index is -1.68. The Morgan fingerprint density at radius 1 is 0.875 bits per heavy atom. The minimum Gasteiger partial charge on any atom is -0.474 e. The maximum atomic E-state index is 10.9. The van der Waals surface area contributed by atoms with Gasteiger partial charge >= 0.3 is 23.8 Å². The second kappa shape index (κ2) is 8.12. The molecular formula is C13H13N5O6. The molecule has 0 bridgehead atoms. The molecule has 0 saturated heterocycles. The highest BCUT2D eigenvalue weighted by atomic mass is 16.4. The molecule has 0 aromatic carbocycles. The van der Waals surface area contributed by atoms with E-state index in [1.165, 1.54) is 13.8 Å². The number of nitrogens with zero attached hydrogens (tertiary/aromatic N) is 3. The second-order valence-electron chi connectivity index (χ2n) is 4.29. The molecule has 0 aliphatic rings. The molecule has 24 heavy (non-hydrogen) atoms. The van der Waals surface area contributed by atoms with E-state index in [0.717, 1.165) is 0 Å². The summed E-state index contributed by atoms with van der Waals surface area (Å²) >= 11 is 0. The van der Waals surface area contributed by atoms with Gasteiger partial charge in [-0.2, -0.15) is 10.2 Å². The molecule has 0 fully saturated rings. The third kappa shape index (κ3) is 5.29. The van der Waals surface area contributed by atoms with Crippen LogP contribution in [0.5, 0.6) is 0 Å². The van der Waals surface area contributed by atoms with Gasteiger partial charge in [-0.25, -0.2) is 25.4 Å². The Kier molecular flexibility index (Phi) is 6.23. The summed E-state index contributed by atoms with van der Waals surface area (Å²) < 4.78 is 0. The Bertz CT molecular complexity index is 696. The molecule has 4 N–H and O–H groups in total. The van der Waals surface area contributed by atoms with Crippen LogP contribution < -0.4 is 10.9 Å². The quantitative estimate of drug-likeness (QED) is 0.308. The third-order valence-electron chi connectivity index (χ3n) is 2.53. The lowest BCUT2D eigenvalue weighted by Gasteiger charge is -2.04. The summed E-state index contributed by atoms with van der Waals surface area (Å²) in [6.45, 7) is 2.99. The first kappa shape index (κ1) is 18.4. The fourth-order valence-electron chi connectivity index (χ4n) is 1.32. The van der Waals surface area contributed by atoms with Crippen LogP contribution in [0.1, 0.15) is 25.2 Å². The Labute approximate surface area is 135 Å². The van der Waals surface area contributed by atoms with Crippen LogP contribution in [0.4, 0.5) is 0 Å². The number of aromatic nitrogens is 1. The van der Waals surface area contributed by atoms with E-state index in [9.17, 15) is 19.2 Å². The van der Waals surface area contributed by atoms with Crippen molar-refractivity contribution in [3.05, 3.63) is 29.6 Å². The molecular weight excluding hydrogens is 322 g/mol. The van der Waals surface area contributed by atoms with Crippen LogP contribution in [0.25, 0.3) is 0 Å². The van der Waals surface area contributed by atoms with E-state index < -0.39 is 23.8 Å². The number of carbonyl (C=O) groups is 4. The second-order valence-corrected chi connectivity index (χ2v) is 4.29. The molecule has 0 radical (unpaired) electrons. The fourth-order valence-corrected chi connectivity index (χ4v) is 1.32. The number of pyridine rings is 1. The van der Waals surface area contributed by atoms with Crippen molar-refractivity contribution in [2.24, 2.45) is 10.2 Å². The van der Waals surface area contributed by atoms with Crippen LogP contribution in [0.15, 0.2) is 28.4 Å². The van der Waals surface area contributed by atoms with E-state index in [0.29, 0.717) is 11.4 Å². The van der Waals surface area contributed by atoms with Crippen LogP contribution in [-0.2, 0) is 19.2 Å². The van der Waals surface area contributed by atoms with Gasteiger partial charge < -0.3 is 10.2 Å². The largest absolute Gasteiger partial charge is 0.474 e. The highest BCUT2D eigenvalue weighted by Crippen LogP contribution is 2.02. The molecule has 11 nitrogen and oxygen atoms in total. The molecule has 0 aliphatic heterocycles. The van der Waals surface area contributed by atoms with Crippen molar-refractivity contribution < 1.29 is 29.4 Å². The standard InChI is InChI=1S/C13H13N5O6/c1-6(15-17-10(19)12(21)22)8-4-3-5-9(14-8)7(2)16-18-11(20)13(23)24/h3-5H,1-2H3,(H,17,19)(H,18,20)(H,21,22)(H,23,24)/b15-6+,16-7+. The zero-order chi connectivity index (χ0) is 18.3. The molecule has 2 amide bonds. The zero-order valence-corrected chi connectivity index (χ0v) is 12.6. The monoisotopic (exact) mass is 335 g/mol. The van der Waals surface area contributed by atoms with E-state index in [2.05, 4.69) is 15.2 Å². The molecule has 0 atom stereocenters. The van der Waals surface area contributed by atoms with Crippen LogP contribution in [0, 0.1) is 0 Å².